The van der Waals surface area contributed by atoms with Crippen LogP contribution in [0, 0.1) is 5.92 Å². The highest BCUT2D eigenvalue weighted by Crippen LogP contribution is 2.27. The second-order valence-corrected chi connectivity index (χ2v) is 8.55. The molecule has 0 saturated heterocycles. The van der Waals surface area contributed by atoms with Crippen molar-refractivity contribution in [3.63, 3.8) is 0 Å². The largest absolute Gasteiger partial charge is 0.497 e. The van der Waals surface area contributed by atoms with Crippen LogP contribution >= 0.6 is 0 Å². The van der Waals surface area contributed by atoms with Crippen LogP contribution in [0.25, 0.3) is 11.2 Å². The number of methoxy groups -OCH3 is 1. The van der Waals surface area contributed by atoms with Crippen molar-refractivity contribution in [1.82, 2.24) is 24.4 Å². The molecule has 0 radical (unpaired) electrons. The van der Waals surface area contributed by atoms with E-state index in [0.717, 1.165) is 29.7 Å². The van der Waals surface area contributed by atoms with Crippen LogP contribution in [-0.4, -0.2) is 38.7 Å². The molecule has 3 N–H and O–H groups in total. The van der Waals surface area contributed by atoms with E-state index in [0.29, 0.717) is 30.2 Å². The number of ether oxygens (including phenoxy) is 1. The summed E-state index contributed by atoms with van der Waals surface area (Å²) in [7, 11) is 1.60. The fourth-order valence-electron chi connectivity index (χ4n) is 3.95. The third kappa shape index (κ3) is 4.36. The van der Waals surface area contributed by atoms with Gasteiger partial charge < -0.3 is 15.8 Å². The minimum atomic E-state index is -0.387. The van der Waals surface area contributed by atoms with Gasteiger partial charge in [0.2, 0.25) is 5.82 Å². The zero-order valence-corrected chi connectivity index (χ0v) is 18.9. The number of nitrogens with zero attached hydrogens (tertiary/aromatic N) is 4. The van der Waals surface area contributed by atoms with Crippen molar-refractivity contribution in [2.45, 2.75) is 25.9 Å². The zero-order valence-electron chi connectivity index (χ0n) is 18.9. The van der Waals surface area contributed by atoms with Crippen molar-refractivity contribution in [2.24, 2.45) is 5.92 Å². The third-order valence-electron chi connectivity index (χ3n) is 6.01. The summed E-state index contributed by atoms with van der Waals surface area (Å²) in [6.45, 7) is 1.17. The highest BCUT2D eigenvalue weighted by atomic mass is 16.5. The Morgan fingerprint density at radius 1 is 1.03 bits per heavy atom. The maximum atomic E-state index is 13.6. The Labute approximate surface area is 196 Å². The molecule has 1 saturated carbocycles. The van der Waals surface area contributed by atoms with Crippen LogP contribution in [0.4, 0.5) is 5.82 Å². The number of amides is 1. The molecule has 0 unspecified atom stereocenters. The van der Waals surface area contributed by atoms with E-state index in [2.05, 4.69) is 15.3 Å². The van der Waals surface area contributed by atoms with Crippen LogP contribution in [0.15, 0.2) is 59.4 Å². The van der Waals surface area contributed by atoms with Crippen LogP contribution < -0.4 is 21.5 Å². The second kappa shape index (κ2) is 9.01. The van der Waals surface area contributed by atoms with Crippen molar-refractivity contribution in [2.75, 3.05) is 19.4 Å². The number of fused-ring (bicyclic) bond motifs is 1. The molecule has 34 heavy (non-hydrogen) atoms. The molecule has 1 amide bonds. The summed E-state index contributed by atoms with van der Waals surface area (Å²) < 4.78 is 8.33. The summed E-state index contributed by atoms with van der Waals surface area (Å²) in [5, 5.41) is 2.87. The molecular weight excluding hydrogens is 432 g/mol. The van der Waals surface area contributed by atoms with Gasteiger partial charge in [0, 0.05) is 6.54 Å². The Morgan fingerprint density at radius 3 is 2.38 bits per heavy atom. The molecule has 2 heterocycles. The van der Waals surface area contributed by atoms with Gasteiger partial charge in [-0.2, -0.15) is 0 Å². The molecular formula is C25H26N6O3. The van der Waals surface area contributed by atoms with Gasteiger partial charge in [0.25, 0.3) is 5.91 Å². The second-order valence-electron chi connectivity index (χ2n) is 8.55. The summed E-state index contributed by atoms with van der Waals surface area (Å²) in [4.78, 5) is 35.0. The topological polar surface area (TPSA) is 117 Å². The van der Waals surface area contributed by atoms with E-state index in [1.54, 1.807) is 16.2 Å². The van der Waals surface area contributed by atoms with E-state index < -0.39 is 0 Å². The standard InChI is InChI=1S/C25H26N6O3/c1-34-19-11-9-18(10-12-19)14-30-20-21(26)28-22(24(32)27-13-16-7-8-16)29-23(20)31(25(30)33)15-17-5-3-2-4-6-17/h2-6,9-12,16H,7-8,13-15H2,1H3,(H,27,32)(H2,26,28,29). The van der Waals surface area contributed by atoms with Crippen molar-refractivity contribution in [3.05, 3.63) is 82.0 Å². The molecule has 9 heteroatoms. The van der Waals surface area contributed by atoms with Crippen molar-refractivity contribution >= 4 is 22.9 Å². The number of anilines is 1. The number of aromatic nitrogens is 4. The van der Waals surface area contributed by atoms with Gasteiger partial charge >= 0.3 is 5.69 Å². The first kappa shape index (κ1) is 21.7. The van der Waals surface area contributed by atoms with Crippen LogP contribution in [0.5, 0.6) is 5.75 Å². The molecule has 1 fully saturated rings. The van der Waals surface area contributed by atoms with E-state index in [4.69, 9.17) is 10.5 Å². The number of nitrogens with one attached hydrogen (secondary N) is 1. The average Bonchev–Trinajstić information content (AvgIpc) is 3.65. The van der Waals surface area contributed by atoms with E-state index in [1.807, 2.05) is 54.6 Å². The van der Waals surface area contributed by atoms with Crippen LogP contribution in [0.1, 0.15) is 34.6 Å². The molecule has 5 rings (SSSR count). The fourth-order valence-corrected chi connectivity index (χ4v) is 3.95. The van der Waals surface area contributed by atoms with E-state index in [1.165, 1.54) is 0 Å². The lowest BCUT2D eigenvalue weighted by Crippen LogP contribution is -2.28. The number of carbonyl (C=O) groups excluding carboxylic acids is 1. The molecule has 2 aromatic heterocycles. The number of nitrogens with two attached hydrogens (primary N) is 1. The van der Waals surface area contributed by atoms with Gasteiger partial charge in [-0.15, -0.1) is 0 Å². The Morgan fingerprint density at radius 2 is 1.71 bits per heavy atom. The lowest BCUT2D eigenvalue weighted by molar-refractivity contribution is 0.0942. The molecule has 0 aliphatic heterocycles. The first-order valence-corrected chi connectivity index (χ1v) is 11.2. The Kier molecular flexibility index (Phi) is 5.75. The normalized spacial score (nSPS) is 13.2. The number of rotatable bonds is 8. The highest BCUT2D eigenvalue weighted by Gasteiger charge is 2.25. The summed E-state index contributed by atoms with van der Waals surface area (Å²) in [6, 6.07) is 17.1. The lowest BCUT2D eigenvalue weighted by Gasteiger charge is -2.08. The number of imidazole rings is 1. The smallest absolute Gasteiger partial charge is 0.331 e. The molecule has 174 valence electrons. The van der Waals surface area contributed by atoms with Gasteiger partial charge in [-0.25, -0.2) is 14.8 Å². The molecule has 0 spiro atoms. The van der Waals surface area contributed by atoms with E-state index in [9.17, 15) is 9.59 Å². The summed E-state index contributed by atoms with van der Waals surface area (Å²) in [5.41, 5.74) is 8.63. The first-order valence-electron chi connectivity index (χ1n) is 11.2. The number of benzene rings is 2. The maximum Gasteiger partial charge on any atom is 0.331 e. The minimum absolute atomic E-state index is 0.0333. The zero-order chi connectivity index (χ0) is 23.7. The first-order chi connectivity index (χ1) is 16.5. The van der Waals surface area contributed by atoms with Crippen molar-refractivity contribution in [3.8, 4) is 5.75 Å². The summed E-state index contributed by atoms with van der Waals surface area (Å²) >= 11 is 0. The molecule has 1 aliphatic carbocycles. The Bertz CT molecular complexity index is 1390. The number of hydrogen-bond acceptors (Lipinski definition) is 6. The fraction of sp³-hybridized carbons (Fsp3) is 0.280. The molecule has 4 aromatic rings. The molecule has 2 aromatic carbocycles. The highest BCUT2D eigenvalue weighted by molar-refractivity contribution is 5.94. The average molecular weight is 459 g/mol. The van der Waals surface area contributed by atoms with Gasteiger partial charge in [-0.3, -0.25) is 13.9 Å². The van der Waals surface area contributed by atoms with Gasteiger partial charge in [0.15, 0.2) is 11.5 Å². The van der Waals surface area contributed by atoms with Crippen molar-refractivity contribution in [1.29, 1.82) is 0 Å². The van der Waals surface area contributed by atoms with Crippen LogP contribution in [0.2, 0.25) is 0 Å². The lowest BCUT2D eigenvalue weighted by atomic mass is 10.2. The third-order valence-corrected chi connectivity index (χ3v) is 6.01. The van der Waals surface area contributed by atoms with Gasteiger partial charge in [-0.1, -0.05) is 42.5 Å². The molecule has 0 atom stereocenters. The van der Waals surface area contributed by atoms with Gasteiger partial charge in [-0.05, 0) is 42.0 Å². The van der Waals surface area contributed by atoms with Crippen LogP contribution in [0.3, 0.4) is 0 Å². The minimum Gasteiger partial charge on any atom is -0.497 e. The molecule has 1 aliphatic rings. The Hall–Kier alpha value is -4.14. The van der Waals surface area contributed by atoms with E-state index >= 15 is 0 Å². The van der Waals surface area contributed by atoms with Gasteiger partial charge in [0.05, 0.1) is 20.2 Å². The van der Waals surface area contributed by atoms with Crippen molar-refractivity contribution < 1.29 is 9.53 Å². The SMILES string of the molecule is COc1ccc(Cn2c(=O)n(Cc3ccccc3)c3nc(C(=O)NCC4CC4)nc(N)c32)cc1. The quantitative estimate of drug-likeness (QED) is 0.419. The number of carbonyl (C=O) groups is 1. The molecule has 0 bridgehead atoms. The van der Waals surface area contributed by atoms with Gasteiger partial charge in [0.1, 0.15) is 11.3 Å². The van der Waals surface area contributed by atoms with E-state index in [-0.39, 0.29) is 29.8 Å². The Balaban J connectivity index is 1.59. The predicted octanol–water partition coefficient (Wildman–Crippen LogP) is 2.42. The summed E-state index contributed by atoms with van der Waals surface area (Å²) in [6.07, 6.45) is 2.24. The summed E-state index contributed by atoms with van der Waals surface area (Å²) in [5.74, 6) is 0.925. The predicted molar refractivity (Wildman–Crippen MR) is 129 cm³/mol. The number of nitrogen functional groups attached to an aromatic ring is 1. The van der Waals surface area contributed by atoms with Crippen LogP contribution in [-0.2, 0) is 13.1 Å². The number of hydrogen-bond donors (Lipinski definition) is 2. The monoisotopic (exact) mass is 458 g/mol. The molecule has 9 nitrogen and oxygen atoms in total. The maximum absolute atomic E-state index is 13.6.